The van der Waals surface area contributed by atoms with Crippen LogP contribution in [-0.4, -0.2) is 43.8 Å². The molecule has 0 aromatic heterocycles. The minimum absolute atomic E-state index is 0.215. The van der Waals surface area contributed by atoms with E-state index in [9.17, 15) is 9.59 Å². The largest absolute Gasteiger partial charge is 0.497 e. The van der Waals surface area contributed by atoms with Crippen molar-refractivity contribution in [2.75, 3.05) is 26.9 Å². The molecule has 180 valence electrons. The highest BCUT2D eigenvalue weighted by molar-refractivity contribution is 5.99. The molecule has 1 aliphatic rings. The summed E-state index contributed by atoms with van der Waals surface area (Å²) in [5.74, 6) is -0.320. The van der Waals surface area contributed by atoms with E-state index < -0.39 is 17.9 Å². The van der Waals surface area contributed by atoms with Crippen molar-refractivity contribution >= 4 is 11.9 Å². The highest BCUT2D eigenvalue weighted by Crippen LogP contribution is 2.41. The topological polar surface area (TPSA) is 74.3 Å². The lowest BCUT2D eigenvalue weighted by molar-refractivity contribution is -0.139. The predicted molar refractivity (Wildman–Crippen MR) is 128 cm³/mol. The molecule has 7 heteroatoms. The highest BCUT2D eigenvalue weighted by Gasteiger charge is 2.37. The van der Waals surface area contributed by atoms with Gasteiger partial charge in [0.2, 0.25) is 0 Å². The van der Waals surface area contributed by atoms with E-state index >= 15 is 0 Å². The molecule has 0 radical (unpaired) electrons. The Balaban J connectivity index is 2.09. The van der Waals surface area contributed by atoms with Gasteiger partial charge in [-0.1, -0.05) is 30.3 Å². The van der Waals surface area contributed by atoms with Crippen LogP contribution in [0.4, 0.5) is 0 Å². The van der Waals surface area contributed by atoms with E-state index in [0.717, 1.165) is 11.3 Å². The van der Waals surface area contributed by atoms with Crippen molar-refractivity contribution in [1.29, 1.82) is 0 Å². The molecule has 0 spiro atoms. The van der Waals surface area contributed by atoms with Gasteiger partial charge in [-0.05, 0) is 44.5 Å². The fraction of sp³-hybridized carbons (Fsp3) is 0.333. The van der Waals surface area contributed by atoms with Crippen LogP contribution in [-0.2, 0) is 25.6 Å². The number of hydrogen-bond donors (Lipinski definition) is 0. The molecular formula is C27H31NO6. The van der Waals surface area contributed by atoms with Gasteiger partial charge in [-0.25, -0.2) is 9.59 Å². The lowest BCUT2D eigenvalue weighted by Crippen LogP contribution is -2.29. The normalized spacial score (nSPS) is 13.6. The first-order chi connectivity index (χ1) is 16.5. The fourth-order valence-corrected chi connectivity index (χ4v) is 3.86. The Bertz CT molecular complexity index is 1020. The third-order valence-corrected chi connectivity index (χ3v) is 5.31. The summed E-state index contributed by atoms with van der Waals surface area (Å²) in [4.78, 5) is 28.0. The molecule has 0 saturated carbocycles. The maximum Gasteiger partial charge on any atom is 0.336 e. The third kappa shape index (κ3) is 5.78. The summed E-state index contributed by atoms with van der Waals surface area (Å²) in [7, 11) is 1.61. The summed E-state index contributed by atoms with van der Waals surface area (Å²) in [6.45, 7) is 6.71. The Hall–Kier alpha value is -3.74. The lowest BCUT2D eigenvalue weighted by atomic mass is 9.82. The van der Waals surface area contributed by atoms with E-state index in [-0.39, 0.29) is 13.2 Å². The summed E-state index contributed by atoms with van der Waals surface area (Å²) in [5.41, 5.74) is 2.36. The van der Waals surface area contributed by atoms with Gasteiger partial charge in [0.15, 0.2) is 0 Å². The van der Waals surface area contributed by atoms with Crippen molar-refractivity contribution < 1.29 is 28.5 Å². The Morgan fingerprint density at radius 2 is 1.41 bits per heavy atom. The average Bonchev–Trinajstić information content (AvgIpc) is 2.85. The molecule has 1 aliphatic heterocycles. The van der Waals surface area contributed by atoms with E-state index in [2.05, 4.69) is 0 Å². The monoisotopic (exact) mass is 465 g/mol. The van der Waals surface area contributed by atoms with E-state index in [4.69, 9.17) is 18.9 Å². The molecule has 0 N–H and O–H groups in total. The second-order valence-corrected chi connectivity index (χ2v) is 7.53. The number of nitrogens with zero attached hydrogens (tertiary/aromatic N) is 1. The van der Waals surface area contributed by atoms with Crippen molar-refractivity contribution in [3.63, 3.8) is 0 Å². The van der Waals surface area contributed by atoms with Crippen molar-refractivity contribution in [3.05, 3.63) is 83.2 Å². The zero-order valence-corrected chi connectivity index (χ0v) is 20.1. The van der Waals surface area contributed by atoms with Crippen LogP contribution in [0.3, 0.4) is 0 Å². The maximum atomic E-state index is 13.1. The van der Waals surface area contributed by atoms with Gasteiger partial charge in [-0.15, -0.1) is 0 Å². The molecule has 34 heavy (non-hydrogen) atoms. The smallest absolute Gasteiger partial charge is 0.336 e. The van der Waals surface area contributed by atoms with Crippen LogP contribution in [0.2, 0.25) is 0 Å². The first kappa shape index (κ1) is 24.9. The van der Waals surface area contributed by atoms with Crippen LogP contribution >= 0.6 is 0 Å². The minimum Gasteiger partial charge on any atom is -0.497 e. The zero-order valence-electron chi connectivity index (χ0n) is 20.1. The summed E-state index contributed by atoms with van der Waals surface area (Å²) in [6, 6.07) is 15.0. The number of para-hydroxylation sites is 1. The molecule has 7 nitrogen and oxygen atoms in total. The number of rotatable bonds is 10. The van der Waals surface area contributed by atoms with Gasteiger partial charge in [-0.3, -0.25) is 0 Å². The van der Waals surface area contributed by atoms with Gasteiger partial charge in [-0.2, -0.15) is 0 Å². The van der Waals surface area contributed by atoms with E-state index in [1.165, 1.54) is 0 Å². The van der Waals surface area contributed by atoms with Crippen molar-refractivity contribution in [2.45, 2.75) is 33.2 Å². The first-order valence-corrected chi connectivity index (χ1v) is 11.4. The van der Waals surface area contributed by atoms with Crippen LogP contribution in [0.15, 0.2) is 72.1 Å². The maximum absolute atomic E-state index is 13.1. The quantitative estimate of drug-likeness (QED) is 0.475. The average molecular weight is 466 g/mol. The summed E-state index contributed by atoms with van der Waals surface area (Å²) >= 11 is 0. The summed E-state index contributed by atoms with van der Waals surface area (Å²) in [5, 5.41) is 0. The molecular weight excluding hydrogens is 434 g/mol. The molecule has 0 atom stereocenters. The van der Waals surface area contributed by atoms with Crippen LogP contribution < -0.4 is 9.47 Å². The number of hydrogen-bond acceptors (Lipinski definition) is 7. The zero-order chi connectivity index (χ0) is 24.5. The Labute approximate surface area is 200 Å². The second-order valence-electron chi connectivity index (χ2n) is 7.53. The number of carbonyl (C=O) groups is 2. The molecule has 3 rings (SSSR count). The Morgan fingerprint density at radius 3 is 1.94 bits per heavy atom. The predicted octanol–water partition coefficient (Wildman–Crippen LogP) is 4.59. The molecule has 0 aliphatic carbocycles. The van der Waals surface area contributed by atoms with Gasteiger partial charge in [0.05, 0.1) is 44.0 Å². The number of ether oxygens (including phenoxy) is 4. The van der Waals surface area contributed by atoms with E-state index in [1.807, 2.05) is 55.5 Å². The van der Waals surface area contributed by atoms with Crippen molar-refractivity contribution in [1.82, 2.24) is 4.90 Å². The molecule has 0 fully saturated rings. The van der Waals surface area contributed by atoms with Crippen LogP contribution in [0.25, 0.3) is 0 Å². The number of methoxy groups -OCH3 is 1. The van der Waals surface area contributed by atoms with Crippen LogP contribution in [0.5, 0.6) is 11.5 Å². The molecule has 2 aromatic rings. The second kappa shape index (κ2) is 11.9. The molecule has 0 saturated heterocycles. The van der Waals surface area contributed by atoms with E-state index in [0.29, 0.717) is 35.6 Å². The Morgan fingerprint density at radius 1 is 0.824 bits per heavy atom. The van der Waals surface area contributed by atoms with Crippen LogP contribution in [0, 0.1) is 0 Å². The SMILES string of the molecule is CCOC(=O)C1=CN(Cc2ccc(OC)cc2)C=C(C(=O)OCC)C1c1ccccc1OCC. The van der Waals surface area contributed by atoms with Gasteiger partial charge < -0.3 is 23.8 Å². The van der Waals surface area contributed by atoms with Crippen LogP contribution in [0.1, 0.15) is 37.8 Å². The highest BCUT2D eigenvalue weighted by atomic mass is 16.5. The lowest BCUT2D eigenvalue weighted by Gasteiger charge is -2.31. The fourth-order valence-electron chi connectivity index (χ4n) is 3.86. The van der Waals surface area contributed by atoms with Crippen molar-refractivity contribution in [3.8, 4) is 11.5 Å². The van der Waals surface area contributed by atoms with Gasteiger partial charge >= 0.3 is 11.9 Å². The molecule has 0 unspecified atom stereocenters. The molecule has 0 amide bonds. The third-order valence-electron chi connectivity index (χ3n) is 5.31. The van der Waals surface area contributed by atoms with Gasteiger partial charge in [0.25, 0.3) is 0 Å². The number of carbonyl (C=O) groups excluding carboxylic acids is 2. The van der Waals surface area contributed by atoms with E-state index in [1.54, 1.807) is 38.3 Å². The van der Waals surface area contributed by atoms with Crippen molar-refractivity contribution in [2.24, 2.45) is 0 Å². The number of benzene rings is 2. The standard InChI is InChI=1S/C27H31NO6/c1-5-32-24-11-9-8-10-21(24)25-22(26(29)33-6-2)17-28(18-23(25)27(30)34-7-3)16-19-12-14-20(31-4)15-13-19/h8-15,17-18,25H,5-7,16H2,1-4H3. The first-order valence-electron chi connectivity index (χ1n) is 11.4. The van der Waals surface area contributed by atoms with Gasteiger partial charge in [0, 0.05) is 24.5 Å². The molecule has 0 bridgehead atoms. The Kier molecular flexibility index (Phi) is 8.73. The minimum atomic E-state index is -0.687. The number of esters is 2. The van der Waals surface area contributed by atoms with Gasteiger partial charge in [0.1, 0.15) is 11.5 Å². The molecule has 1 heterocycles. The summed E-state index contributed by atoms with van der Waals surface area (Å²) in [6.07, 6.45) is 3.47. The molecule has 2 aromatic carbocycles. The summed E-state index contributed by atoms with van der Waals surface area (Å²) < 4.78 is 21.8.